The quantitative estimate of drug-likeness (QED) is 0.909. The van der Waals surface area contributed by atoms with Crippen LogP contribution in [0.4, 0.5) is 0 Å². The van der Waals surface area contributed by atoms with Gasteiger partial charge in [-0.1, -0.05) is 13.0 Å². The summed E-state index contributed by atoms with van der Waals surface area (Å²) < 4.78 is 0. The number of nitrogens with zero attached hydrogens (tertiary/aromatic N) is 2. The van der Waals surface area contributed by atoms with Crippen LogP contribution in [0.3, 0.4) is 0 Å². The van der Waals surface area contributed by atoms with Crippen molar-refractivity contribution < 1.29 is 14.7 Å². The predicted octanol–water partition coefficient (Wildman–Crippen LogP) is 1.73. The molecule has 1 aromatic rings. The van der Waals surface area contributed by atoms with E-state index in [1.807, 2.05) is 13.0 Å². The summed E-state index contributed by atoms with van der Waals surface area (Å²) in [5, 5.41) is 9.43. The summed E-state index contributed by atoms with van der Waals surface area (Å²) >= 11 is 0. The van der Waals surface area contributed by atoms with Crippen molar-refractivity contribution in [3.63, 3.8) is 0 Å². The molecule has 2 heterocycles. The number of carbonyl (C=O) groups excluding carboxylic acids is 1. The summed E-state index contributed by atoms with van der Waals surface area (Å²) in [5.74, 6) is -0.810. The second kappa shape index (κ2) is 6.03. The highest BCUT2D eigenvalue weighted by Crippen LogP contribution is 2.33. The monoisotopic (exact) mass is 276 g/mol. The number of hydrogen-bond acceptors (Lipinski definition) is 3. The molecule has 0 radical (unpaired) electrons. The molecule has 1 N–H and O–H groups in total. The molecular weight excluding hydrogens is 256 g/mol. The summed E-state index contributed by atoms with van der Waals surface area (Å²) in [6.45, 7) is 2.84. The Bertz CT molecular complexity index is 489. The molecule has 1 atom stereocenters. The summed E-state index contributed by atoms with van der Waals surface area (Å²) in [4.78, 5) is 29.5. The minimum atomic E-state index is -0.793. The molecule has 5 nitrogen and oxygen atoms in total. The van der Waals surface area contributed by atoms with Gasteiger partial charge in [0.25, 0.3) is 0 Å². The van der Waals surface area contributed by atoms with E-state index in [0.29, 0.717) is 25.9 Å². The minimum absolute atomic E-state index is 0.0169. The summed E-state index contributed by atoms with van der Waals surface area (Å²) in [6.07, 6.45) is 5.58. The zero-order valence-corrected chi connectivity index (χ0v) is 11.7. The van der Waals surface area contributed by atoms with Crippen LogP contribution < -0.4 is 0 Å². The standard InChI is InChI=1S/C15H20N2O3/c1-2-15(14(19)20)6-4-8-17(11-15)13(18)9-12-5-3-7-16-10-12/h3,5,7,10H,2,4,6,8-9,11H2,1H3,(H,19,20). The second-order valence-corrected chi connectivity index (χ2v) is 5.40. The van der Waals surface area contributed by atoms with Crippen molar-refractivity contribution in [2.75, 3.05) is 13.1 Å². The minimum Gasteiger partial charge on any atom is -0.481 e. The van der Waals surface area contributed by atoms with Crippen molar-refractivity contribution in [2.45, 2.75) is 32.6 Å². The Hall–Kier alpha value is -1.91. The van der Waals surface area contributed by atoms with Crippen LogP contribution in [0, 0.1) is 5.41 Å². The van der Waals surface area contributed by atoms with Crippen molar-refractivity contribution in [1.29, 1.82) is 0 Å². The van der Waals surface area contributed by atoms with Gasteiger partial charge in [0.05, 0.1) is 11.8 Å². The molecule has 2 rings (SSSR count). The van der Waals surface area contributed by atoms with Gasteiger partial charge in [-0.05, 0) is 30.9 Å². The van der Waals surface area contributed by atoms with Crippen molar-refractivity contribution in [3.8, 4) is 0 Å². The van der Waals surface area contributed by atoms with E-state index >= 15 is 0 Å². The fourth-order valence-electron chi connectivity index (χ4n) is 2.75. The normalized spacial score (nSPS) is 22.6. The number of carboxylic acids is 1. The van der Waals surface area contributed by atoms with E-state index in [4.69, 9.17) is 0 Å². The first-order chi connectivity index (χ1) is 9.57. The maximum Gasteiger partial charge on any atom is 0.311 e. The maximum absolute atomic E-state index is 12.3. The van der Waals surface area contributed by atoms with Crippen LogP contribution in [0.15, 0.2) is 24.5 Å². The summed E-state index contributed by atoms with van der Waals surface area (Å²) in [5.41, 5.74) is 0.0866. The third-order valence-electron chi connectivity index (χ3n) is 4.14. The molecule has 0 spiro atoms. The largest absolute Gasteiger partial charge is 0.481 e. The molecule has 0 aromatic carbocycles. The highest BCUT2D eigenvalue weighted by molar-refractivity contribution is 5.81. The molecule has 1 fully saturated rings. The van der Waals surface area contributed by atoms with E-state index in [1.165, 1.54) is 0 Å². The first-order valence-electron chi connectivity index (χ1n) is 6.97. The van der Waals surface area contributed by atoms with Crippen molar-refractivity contribution >= 4 is 11.9 Å². The zero-order chi connectivity index (χ0) is 14.6. The van der Waals surface area contributed by atoms with E-state index in [0.717, 1.165) is 12.0 Å². The van der Waals surface area contributed by atoms with Crippen LogP contribution in [-0.2, 0) is 16.0 Å². The molecule has 1 aromatic heterocycles. The molecule has 0 bridgehead atoms. The molecule has 1 aliphatic rings. The Balaban J connectivity index is 2.05. The molecule has 1 unspecified atom stereocenters. The zero-order valence-electron chi connectivity index (χ0n) is 11.7. The number of amides is 1. The Morgan fingerprint density at radius 1 is 1.50 bits per heavy atom. The van der Waals surface area contributed by atoms with Crippen LogP contribution in [0.5, 0.6) is 0 Å². The molecular formula is C15H20N2O3. The molecule has 20 heavy (non-hydrogen) atoms. The van der Waals surface area contributed by atoms with Gasteiger partial charge >= 0.3 is 5.97 Å². The number of pyridine rings is 1. The molecule has 0 aliphatic carbocycles. The second-order valence-electron chi connectivity index (χ2n) is 5.40. The number of aliphatic carboxylic acids is 1. The maximum atomic E-state index is 12.3. The lowest BCUT2D eigenvalue weighted by atomic mass is 9.77. The van der Waals surface area contributed by atoms with Gasteiger partial charge < -0.3 is 10.0 Å². The number of aromatic nitrogens is 1. The van der Waals surface area contributed by atoms with Crippen LogP contribution in [0.2, 0.25) is 0 Å². The van der Waals surface area contributed by atoms with Crippen LogP contribution in [-0.4, -0.2) is 40.0 Å². The Morgan fingerprint density at radius 2 is 2.30 bits per heavy atom. The number of hydrogen-bond donors (Lipinski definition) is 1. The predicted molar refractivity (Wildman–Crippen MR) is 74.1 cm³/mol. The molecule has 1 aliphatic heterocycles. The van der Waals surface area contributed by atoms with Gasteiger partial charge in [0.1, 0.15) is 0 Å². The van der Waals surface area contributed by atoms with E-state index in [9.17, 15) is 14.7 Å². The lowest BCUT2D eigenvalue weighted by Crippen LogP contribution is -2.50. The average molecular weight is 276 g/mol. The first kappa shape index (κ1) is 14.5. The fraction of sp³-hybridized carbons (Fsp3) is 0.533. The molecule has 5 heteroatoms. The fourth-order valence-corrected chi connectivity index (χ4v) is 2.75. The lowest BCUT2D eigenvalue weighted by Gasteiger charge is -2.39. The van der Waals surface area contributed by atoms with Crippen LogP contribution >= 0.6 is 0 Å². The number of likely N-dealkylation sites (tertiary alicyclic amines) is 1. The average Bonchev–Trinajstić information content (AvgIpc) is 2.48. The number of carboxylic acid groups (broad SMARTS) is 1. The van der Waals surface area contributed by atoms with Crippen molar-refractivity contribution in [3.05, 3.63) is 30.1 Å². The van der Waals surface area contributed by atoms with Gasteiger partial charge in [0.15, 0.2) is 0 Å². The van der Waals surface area contributed by atoms with Gasteiger partial charge in [0, 0.05) is 25.5 Å². The molecule has 1 amide bonds. The first-order valence-corrected chi connectivity index (χ1v) is 6.97. The smallest absolute Gasteiger partial charge is 0.311 e. The van der Waals surface area contributed by atoms with Crippen LogP contribution in [0.1, 0.15) is 31.7 Å². The third-order valence-corrected chi connectivity index (χ3v) is 4.14. The van der Waals surface area contributed by atoms with Gasteiger partial charge in [-0.2, -0.15) is 0 Å². The SMILES string of the molecule is CCC1(C(=O)O)CCCN(C(=O)Cc2cccnc2)C1. The molecule has 108 valence electrons. The van der Waals surface area contributed by atoms with E-state index in [1.54, 1.807) is 23.4 Å². The Kier molecular flexibility index (Phi) is 4.37. The van der Waals surface area contributed by atoms with Gasteiger partial charge in [-0.3, -0.25) is 14.6 Å². The van der Waals surface area contributed by atoms with Crippen molar-refractivity contribution in [1.82, 2.24) is 9.88 Å². The van der Waals surface area contributed by atoms with E-state index in [-0.39, 0.29) is 12.3 Å². The summed E-state index contributed by atoms with van der Waals surface area (Å²) in [7, 11) is 0. The van der Waals surface area contributed by atoms with E-state index in [2.05, 4.69) is 4.98 Å². The van der Waals surface area contributed by atoms with Gasteiger partial charge in [-0.25, -0.2) is 0 Å². The molecule has 0 saturated carbocycles. The Morgan fingerprint density at radius 3 is 2.90 bits per heavy atom. The third kappa shape index (κ3) is 2.98. The molecule has 1 saturated heterocycles. The highest BCUT2D eigenvalue weighted by Gasteiger charge is 2.41. The van der Waals surface area contributed by atoms with Crippen LogP contribution in [0.25, 0.3) is 0 Å². The number of carbonyl (C=O) groups is 2. The van der Waals surface area contributed by atoms with Gasteiger partial charge in [-0.15, -0.1) is 0 Å². The van der Waals surface area contributed by atoms with Gasteiger partial charge in [0.2, 0.25) is 5.91 Å². The van der Waals surface area contributed by atoms with Crippen molar-refractivity contribution in [2.24, 2.45) is 5.41 Å². The summed E-state index contributed by atoms with van der Waals surface area (Å²) in [6, 6.07) is 3.66. The van der Waals surface area contributed by atoms with E-state index < -0.39 is 11.4 Å². The number of piperidine rings is 1. The Labute approximate surface area is 118 Å². The highest BCUT2D eigenvalue weighted by atomic mass is 16.4. The topological polar surface area (TPSA) is 70.5 Å². The lowest BCUT2D eigenvalue weighted by molar-refractivity contribution is -0.155. The number of rotatable bonds is 4.